The molecule has 6 heteroatoms. The van der Waals surface area contributed by atoms with Crippen molar-refractivity contribution in [2.45, 2.75) is 26.4 Å². The number of amides is 1. The number of rotatable bonds is 5. The molecule has 1 aliphatic heterocycles. The molecule has 2 aromatic carbocycles. The van der Waals surface area contributed by atoms with Gasteiger partial charge in [0.2, 0.25) is 0 Å². The van der Waals surface area contributed by atoms with E-state index in [9.17, 15) is 14.7 Å². The smallest absolute Gasteiger partial charge is 0.296 e. The first-order chi connectivity index (χ1) is 14.9. The predicted octanol–water partition coefficient (Wildman–Crippen LogP) is 4.53. The summed E-state index contributed by atoms with van der Waals surface area (Å²) >= 11 is 0. The third kappa shape index (κ3) is 3.84. The highest BCUT2D eigenvalue weighted by molar-refractivity contribution is 6.46. The van der Waals surface area contributed by atoms with Crippen LogP contribution < -0.4 is 4.74 Å². The summed E-state index contributed by atoms with van der Waals surface area (Å²) in [6.07, 6.45) is 0. The Hall–Kier alpha value is -3.80. The number of methoxy groups -OCH3 is 1. The van der Waals surface area contributed by atoms with Crippen LogP contribution in [0.2, 0.25) is 0 Å². The molecule has 1 saturated heterocycles. The molecule has 1 aromatic heterocycles. The minimum absolute atomic E-state index is 0.0247. The summed E-state index contributed by atoms with van der Waals surface area (Å²) in [5, 5.41) is 11.0. The second-order valence-electron chi connectivity index (χ2n) is 7.59. The van der Waals surface area contributed by atoms with Gasteiger partial charge in [-0.2, -0.15) is 0 Å². The number of carbonyl (C=O) groups excluding carboxylic acids is 2. The molecule has 1 atom stereocenters. The standard InChI is InChI=1S/C25H23NO5/c1-15-4-9-18(10-5-15)23(27)21-22(20-13-6-16(2)31-20)26(25(29)24(21)28)14-17-7-11-19(30-3)12-8-17/h4-13,22,27H,14H2,1-3H3/b23-21-. The van der Waals surface area contributed by atoms with Crippen molar-refractivity contribution in [1.29, 1.82) is 0 Å². The fourth-order valence-corrected chi connectivity index (χ4v) is 3.73. The van der Waals surface area contributed by atoms with Gasteiger partial charge in [-0.15, -0.1) is 0 Å². The molecule has 1 aliphatic rings. The molecule has 158 valence electrons. The normalized spacial score (nSPS) is 17.9. The fourth-order valence-electron chi connectivity index (χ4n) is 3.73. The molecule has 0 spiro atoms. The molecular weight excluding hydrogens is 394 g/mol. The van der Waals surface area contributed by atoms with Gasteiger partial charge in [-0.05, 0) is 43.7 Å². The van der Waals surface area contributed by atoms with Gasteiger partial charge in [0.15, 0.2) is 0 Å². The number of hydrogen-bond donors (Lipinski definition) is 1. The number of ether oxygens (including phenoxy) is 1. The van der Waals surface area contributed by atoms with Crippen molar-refractivity contribution >= 4 is 17.4 Å². The van der Waals surface area contributed by atoms with Crippen LogP contribution >= 0.6 is 0 Å². The van der Waals surface area contributed by atoms with Gasteiger partial charge in [-0.3, -0.25) is 9.59 Å². The van der Waals surface area contributed by atoms with Crippen LogP contribution in [0, 0.1) is 13.8 Å². The van der Waals surface area contributed by atoms with Gasteiger partial charge < -0.3 is 19.2 Å². The minimum Gasteiger partial charge on any atom is -0.507 e. The predicted molar refractivity (Wildman–Crippen MR) is 115 cm³/mol. The number of ketones is 1. The molecule has 1 amide bonds. The van der Waals surface area contributed by atoms with Gasteiger partial charge in [0.1, 0.15) is 29.1 Å². The number of benzene rings is 2. The Morgan fingerprint density at radius 1 is 1.00 bits per heavy atom. The highest BCUT2D eigenvalue weighted by atomic mass is 16.5. The van der Waals surface area contributed by atoms with E-state index in [4.69, 9.17) is 9.15 Å². The number of aryl methyl sites for hydroxylation is 2. The summed E-state index contributed by atoms with van der Waals surface area (Å²) in [6.45, 7) is 3.91. The largest absolute Gasteiger partial charge is 0.507 e. The Labute approximate surface area is 180 Å². The molecule has 3 aromatic rings. The molecule has 6 nitrogen and oxygen atoms in total. The molecule has 4 rings (SSSR count). The molecule has 0 saturated carbocycles. The van der Waals surface area contributed by atoms with Crippen molar-refractivity contribution in [3.05, 3.63) is 94.4 Å². The van der Waals surface area contributed by atoms with E-state index in [1.807, 2.05) is 31.2 Å². The lowest BCUT2D eigenvalue weighted by molar-refractivity contribution is -0.140. The summed E-state index contributed by atoms with van der Waals surface area (Å²) in [4.78, 5) is 27.4. The van der Waals surface area contributed by atoms with Gasteiger partial charge in [0, 0.05) is 12.1 Å². The first-order valence-electron chi connectivity index (χ1n) is 9.93. The number of likely N-dealkylation sites (tertiary alicyclic amines) is 1. The van der Waals surface area contributed by atoms with Crippen LogP contribution in [-0.4, -0.2) is 28.8 Å². The van der Waals surface area contributed by atoms with E-state index in [-0.39, 0.29) is 17.9 Å². The van der Waals surface area contributed by atoms with Gasteiger partial charge in [0.05, 0.1) is 12.7 Å². The third-order valence-corrected chi connectivity index (χ3v) is 5.41. The van der Waals surface area contributed by atoms with E-state index in [1.165, 1.54) is 4.90 Å². The Kier molecular flexibility index (Phi) is 5.38. The van der Waals surface area contributed by atoms with Crippen molar-refractivity contribution < 1.29 is 23.8 Å². The van der Waals surface area contributed by atoms with Crippen molar-refractivity contribution in [2.75, 3.05) is 7.11 Å². The second-order valence-corrected chi connectivity index (χ2v) is 7.59. The van der Waals surface area contributed by atoms with Gasteiger partial charge in [-0.1, -0.05) is 42.0 Å². The van der Waals surface area contributed by atoms with Crippen LogP contribution in [-0.2, 0) is 16.1 Å². The van der Waals surface area contributed by atoms with E-state index in [2.05, 4.69) is 0 Å². The first-order valence-corrected chi connectivity index (χ1v) is 9.93. The molecule has 1 fully saturated rings. The van der Waals surface area contributed by atoms with E-state index in [0.717, 1.165) is 11.1 Å². The van der Waals surface area contributed by atoms with Crippen LogP contribution in [0.4, 0.5) is 0 Å². The number of carbonyl (C=O) groups is 2. The summed E-state index contributed by atoms with van der Waals surface area (Å²) < 4.78 is 11.0. The lowest BCUT2D eigenvalue weighted by atomic mass is 9.98. The lowest BCUT2D eigenvalue weighted by Gasteiger charge is -2.23. The first kappa shape index (κ1) is 20.5. The zero-order chi connectivity index (χ0) is 22.1. The maximum absolute atomic E-state index is 13.0. The number of aliphatic hydroxyl groups is 1. The van der Waals surface area contributed by atoms with Crippen molar-refractivity contribution in [1.82, 2.24) is 4.90 Å². The highest BCUT2D eigenvalue weighted by Crippen LogP contribution is 2.40. The Morgan fingerprint density at radius 2 is 1.68 bits per heavy atom. The molecule has 1 unspecified atom stereocenters. The number of furan rings is 1. The summed E-state index contributed by atoms with van der Waals surface area (Å²) in [5.74, 6) is 0.159. The lowest BCUT2D eigenvalue weighted by Crippen LogP contribution is -2.29. The van der Waals surface area contributed by atoms with Crippen LogP contribution in [0.5, 0.6) is 5.75 Å². The van der Waals surface area contributed by atoms with Gasteiger partial charge in [0.25, 0.3) is 11.7 Å². The zero-order valence-corrected chi connectivity index (χ0v) is 17.6. The average molecular weight is 417 g/mol. The van der Waals surface area contributed by atoms with Crippen LogP contribution in [0.1, 0.15) is 34.3 Å². The van der Waals surface area contributed by atoms with Crippen molar-refractivity contribution in [2.24, 2.45) is 0 Å². The Bertz CT molecular complexity index is 1160. The minimum atomic E-state index is -0.822. The van der Waals surface area contributed by atoms with Crippen LogP contribution in [0.25, 0.3) is 5.76 Å². The second kappa shape index (κ2) is 8.14. The third-order valence-electron chi connectivity index (χ3n) is 5.41. The summed E-state index contributed by atoms with van der Waals surface area (Å²) in [7, 11) is 1.58. The van der Waals surface area contributed by atoms with Crippen LogP contribution in [0.15, 0.2) is 70.7 Å². The monoisotopic (exact) mass is 417 g/mol. The Balaban J connectivity index is 1.80. The molecular formula is C25H23NO5. The molecule has 0 bridgehead atoms. The van der Waals surface area contributed by atoms with Crippen LogP contribution in [0.3, 0.4) is 0 Å². The summed E-state index contributed by atoms with van der Waals surface area (Å²) in [5.41, 5.74) is 2.35. The summed E-state index contributed by atoms with van der Waals surface area (Å²) in [6, 6.07) is 17.1. The molecule has 0 aliphatic carbocycles. The topological polar surface area (TPSA) is 80.0 Å². The average Bonchev–Trinajstić information content (AvgIpc) is 3.30. The van der Waals surface area contributed by atoms with E-state index >= 15 is 0 Å². The molecule has 1 N–H and O–H groups in total. The van der Waals surface area contributed by atoms with Crippen molar-refractivity contribution in [3.8, 4) is 5.75 Å². The fraction of sp³-hybridized carbons (Fsp3) is 0.200. The van der Waals surface area contributed by atoms with E-state index in [1.54, 1.807) is 50.4 Å². The zero-order valence-electron chi connectivity index (χ0n) is 17.6. The Morgan fingerprint density at radius 3 is 2.26 bits per heavy atom. The molecule has 2 heterocycles. The number of Topliss-reactive ketones (excluding diaryl/α,β-unsaturated/α-hetero) is 1. The quantitative estimate of drug-likeness (QED) is 0.375. The van der Waals surface area contributed by atoms with Gasteiger partial charge in [-0.25, -0.2) is 0 Å². The SMILES string of the molecule is COc1ccc(CN2C(=O)C(=O)/C(=C(\O)c3ccc(C)cc3)C2c2ccc(C)o2)cc1. The number of aliphatic hydroxyl groups excluding tert-OH is 1. The maximum Gasteiger partial charge on any atom is 0.296 e. The number of nitrogens with zero attached hydrogens (tertiary/aromatic N) is 1. The van der Waals surface area contributed by atoms with Gasteiger partial charge >= 0.3 is 0 Å². The highest BCUT2D eigenvalue weighted by Gasteiger charge is 2.47. The molecule has 0 radical (unpaired) electrons. The van der Waals surface area contributed by atoms with E-state index < -0.39 is 17.7 Å². The molecule has 31 heavy (non-hydrogen) atoms. The number of hydrogen-bond acceptors (Lipinski definition) is 5. The van der Waals surface area contributed by atoms with Crippen molar-refractivity contribution in [3.63, 3.8) is 0 Å². The maximum atomic E-state index is 13.0. The van der Waals surface area contributed by atoms with E-state index in [0.29, 0.717) is 22.8 Å².